The summed E-state index contributed by atoms with van der Waals surface area (Å²) in [7, 11) is 0. The van der Waals surface area contributed by atoms with Crippen LogP contribution in [-0.2, 0) is 9.47 Å². The van der Waals surface area contributed by atoms with Crippen molar-refractivity contribution in [3.8, 4) is 0 Å². The molecule has 1 aromatic rings. The molecular formula is C13H17NO4. The van der Waals surface area contributed by atoms with E-state index < -0.39 is 5.97 Å². The molecule has 18 heavy (non-hydrogen) atoms. The smallest absolute Gasteiger partial charge is 0.376 e. The van der Waals surface area contributed by atoms with Crippen molar-refractivity contribution < 1.29 is 18.7 Å². The van der Waals surface area contributed by atoms with Crippen molar-refractivity contribution >= 4 is 5.97 Å². The number of rotatable bonds is 4. The number of ether oxygens (including phenoxy) is 2. The van der Waals surface area contributed by atoms with Crippen LogP contribution < -0.4 is 0 Å². The van der Waals surface area contributed by atoms with Crippen LogP contribution in [0.4, 0.5) is 0 Å². The van der Waals surface area contributed by atoms with E-state index in [1.807, 2.05) is 0 Å². The average molecular weight is 251 g/mol. The van der Waals surface area contributed by atoms with E-state index >= 15 is 0 Å². The number of oxazole rings is 1. The number of hydrogen-bond acceptors (Lipinski definition) is 5. The molecule has 0 bridgehead atoms. The molecule has 1 aliphatic carbocycles. The molecule has 1 aromatic heterocycles. The summed E-state index contributed by atoms with van der Waals surface area (Å²) in [5.74, 6) is 0.779. The Hall–Kier alpha value is -1.36. The molecule has 1 saturated carbocycles. The van der Waals surface area contributed by atoms with Gasteiger partial charge in [0.05, 0.1) is 12.3 Å². The summed E-state index contributed by atoms with van der Waals surface area (Å²) in [6.45, 7) is 2.87. The number of aromatic nitrogens is 1. The van der Waals surface area contributed by atoms with Crippen LogP contribution in [0.3, 0.4) is 0 Å². The number of carbonyl (C=O) groups excluding carboxylic acids is 1. The summed E-state index contributed by atoms with van der Waals surface area (Å²) in [6, 6.07) is 0. The summed E-state index contributed by atoms with van der Waals surface area (Å²) in [5, 5.41) is 0. The zero-order chi connectivity index (χ0) is 12.5. The second-order valence-electron chi connectivity index (χ2n) is 4.76. The van der Waals surface area contributed by atoms with Gasteiger partial charge in [-0.15, -0.1) is 0 Å². The van der Waals surface area contributed by atoms with E-state index in [9.17, 15) is 4.79 Å². The minimum Gasteiger partial charge on any atom is -0.460 e. The van der Waals surface area contributed by atoms with Gasteiger partial charge in [0.1, 0.15) is 6.10 Å². The number of nitrogens with zero attached hydrogens (tertiary/aromatic N) is 1. The van der Waals surface area contributed by atoms with E-state index in [-0.39, 0.29) is 11.9 Å². The first-order chi connectivity index (χ1) is 8.79. The van der Waals surface area contributed by atoms with E-state index in [0.29, 0.717) is 18.4 Å². The minimum atomic E-state index is -0.406. The van der Waals surface area contributed by atoms with Crippen molar-refractivity contribution in [1.29, 1.82) is 0 Å². The second-order valence-corrected chi connectivity index (χ2v) is 4.76. The predicted molar refractivity (Wildman–Crippen MR) is 62.4 cm³/mol. The Morgan fingerprint density at radius 1 is 1.44 bits per heavy atom. The van der Waals surface area contributed by atoms with Crippen molar-refractivity contribution in [2.45, 2.75) is 44.6 Å². The van der Waals surface area contributed by atoms with Gasteiger partial charge in [-0.3, -0.25) is 0 Å². The zero-order valence-electron chi connectivity index (χ0n) is 10.5. The van der Waals surface area contributed by atoms with Crippen LogP contribution in [-0.4, -0.2) is 24.2 Å². The molecule has 98 valence electrons. The summed E-state index contributed by atoms with van der Waals surface area (Å²) in [5.41, 5.74) is 0.763. The minimum absolute atomic E-state index is 0.0920. The van der Waals surface area contributed by atoms with E-state index in [1.54, 1.807) is 6.92 Å². The maximum atomic E-state index is 11.8. The fourth-order valence-electron chi connectivity index (χ4n) is 2.24. The molecule has 0 amide bonds. The maximum Gasteiger partial charge on any atom is 0.376 e. The molecular weight excluding hydrogens is 234 g/mol. The van der Waals surface area contributed by atoms with E-state index in [1.165, 1.54) is 0 Å². The molecule has 5 nitrogen and oxygen atoms in total. The van der Waals surface area contributed by atoms with Gasteiger partial charge in [-0.1, -0.05) is 0 Å². The average Bonchev–Trinajstić information content (AvgIpc) is 2.92. The lowest BCUT2D eigenvalue weighted by Gasteiger charge is -2.02. The van der Waals surface area contributed by atoms with Gasteiger partial charge in [0, 0.05) is 12.5 Å². The summed E-state index contributed by atoms with van der Waals surface area (Å²) >= 11 is 0. The Morgan fingerprint density at radius 2 is 2.28 bits per heavy atom. The number of hydrogen-bond donors (Lipinski definition) is 0. The molecule has 2 fully saturated rings. The van der Waals surface area contributed by atoms with Gasteiger partial charge in [-0.25, -0.2) is 9.78 Å². The van der Waals surface area contributed by atoms with E-state index in [4.69, 9.17) is 13.9 Å². The van der Waals surface area contributed by atoms with Crippen LogP contribution in [0.15, 0.2) is 4.42 Å². The Bertz CT molecular complexity index is 444. The van der Waals surface area contributed by atoms with E-state index in [2.05, 4.69) is 4.98 Å². The molecule has 1 aliphatic heterocycles. The van der Waals surface area contributed by atoms with Crippen LogP contribution in [0.2, 0.25) is 0 Å². The van der Waals surface area contributed by atoms with Crippen molar-refractivity contribution in [3.05, 3.63) is 17.3 Å². The summed E-state index contributed by atoms with van der Waals surface area (Å²) < 4.78 is 16.2. The lowest BCUT2D eigenvalue weighted by Crippen LogP contribution is -2.05. The highest BCUT2D eigenvalue weighted by Crippen LogP contribution is 2.42. The lowest BCUT2D eigenvalue weighted by molar-refractivity contribution is 0.0470. The fourth-order valence-corrected chi connectivity index (χ4v) is 2.24. The first-order valence-electron chi connectivity index (χ1n) is 6.59. The van der Waals surface area contributed by atoms with Gasteiger partial charge >= 0.3 is 5.97 Å². The zero-order valence-corrected chi connectivity index (χ0v) is 10.5. The maximum absolute atomic E-state index is 11.8. The highest BCUT2D eigenvalue weighted by atomic mass is 16.5. The molecule has 0 aromatic carbocycles. The highest BCUT2D eigenvalue weighted by molar-refractivity contribution is 5.87. The molecule has 1 saturated heterocycles. The van der Waals surface area contributed by atoms with Gasteiger partial charge in [0.25, 0.3) is 0 Å². The second kappa shape index (κ2) is 4.72. The monoisotopic (exact) mass is 251 g/mol. The normalized spacial score (nSPS) is 23.3. The molecule has 0 N–H and O–H groups in total. The molecule has 0 spiro atoms. The van der Waals surface area contributed by atoms with Crippen molar-refractivity contribution in [3.63, 3.8) is 0 Å². The quantitative estimate of drug-likeness (QED) is 0.770. The Balaban J connectivity index is 1.88. The Kier molecular flexibility index (Phi) is 3.07. The van der Waals surface area contributed by atoms with Gasteiger partial charge in [0.2, 0.25) is 11.7 Å². The van der Waals surface area contributed by atoms with Crippen LogP contribution in [0.5, 0.6) is 0 Å². The molecule has 1 unspecified atom stereocenters. The van der Waals surface area contributed by atoms with Crippen molar-refractivity contribution in [1.82, 2.24) is 4.98 Å². The van der Waals surface area contributed by atoms with Gasteiger partial charge in [-0.2, -0.15) is 0 Å². The van der Waals surface area contributed by atoms with Crippen molar-refractivity contribution in [2.75, 3.05) is 13.2 Å². The molecule has 2 aliphatic rings. The van der Waals surface area contributed by atoms with Crippen LogP contribution in [0, 0.1) is 0 Å². The van der Waals surface area contributed by atoms with Crippen LogP contribution in [0.25, 0.3) is 0 Å². The lowest BCUT2D eigenvalue weighted by atomic mass is 10.2. The molecule has 0 radical (unpaired) electrons. The molecule has 1 atom stereocenters. The highest BCUT2D eigenvalue weighted by Gasteiger charge is 2.36. The molecule has 3 rings (SSSR count). The number of carbonyl (C=O) groups is 1. The fraction of sp³-hybridized carbons (Fsp3) is 0.692. The first kappa shape index (κ1) is 11.7. The Morgan fingerprint density at radius 3 is 2.89 bits per heavy atom. The van der Waals surface area contributed by atoms with Crippen molar-refractivity contribution in [2.24, 2.45) is 0 Å². The van der Waals surface area contributed by atoms with Crippen LogP contribution in [0.1, 0.15) is 66.8 Å². The van der Waals surface area contributed by atoms with Gasteiger partial charge in [0.15, 0.2) is 0 Å². The van der Waals surface area contributed by atoms with Gasteiger partial charge < -0.3 is 13.9 Å². The van der Waals surface area contributed by atoms with Crippen LogP contribution >= 0.6 is 0 Å². The third kappa shape index (κ3) is 2.14. The molecule has 2 heterocycles. The van der Waals surface area contributed by atoms with E-state index in [0.717, 1.165) is 38.0 Å². The molecule has 5 heteroatoms. The third-order valence-electron chi connectivity index (χ3n) is 3.30. The Labute approximate surface area is 105 Å². The predicted octanol–water partition coefficient (Wildman–Crippen LogP) is 2.58. The van der Waals surface area contributed by atoms with Gasteiger partial charge in [-0.05, 0) is 32.6 Å². The largest absolute Gasteiger partial charge is 0.460 e. The topological polar surface area (TPSA) is 61.6 Å². The SMILES string of the molecule is CCOC(=O)c1oc(C2CCCO2)nc1C1CC1. The number of esters is 1. The summed E-state index contributed by atoms with van der Waals surface area (Å²) in [4.78, 5) is 16.3. The first-order valence-corrected chi connectivity index (χ1v) is 6.59. The third-order valence-corrected chi connectivity index (χ3v) is 3.30. The summed E-state index contributed by atoms with van der Waals surface area (Å²) in [6.07, 6.45) is 3.98. The standard InChI is InChI=1S/C13H17NO4/c1-2-16-13(15)11-10(8-5-6-8)14-12(18-11)9-4-3-7-17-9/h8-9H,2-7H2,1H3.